The van der Waals surface area contributed by atoms with Crippen molar-refractivity contribution in [2.45, 2.75) is 47.0 Å². The zero-order valence-corrected chi connectivity index (χ0v) is 13.3. The van der Waals surface area contributed by atoms with Crippen molar-refractivity contribution in [1.82, 2.24) is 4.90 Å². The number of allylic oxidation sites excluding steroid dienone is 4. The van der Waals surface area contributed by atoms with Gasteiger partial charge in [0.1, 0.15) is 0 Å². The van der Waals surface area contributed by atoms with Crippen LogP contribution in [-0.2, 0) is 20.4 Å². The van der Waals surface area contributed by atoms with Crippen molar-refractivity contribution >= 4 is 0 Å². The van der Waals surface area contributed by atoms with Crippen LogP contribution >= 0.6 is 0 Å². The van der Waals surface area contributed by atoms with Gasteiger partial charge in [-0.25, -0.2) is 0 Å². The molecule has 1 unspecified atom stereocenters. The number of likely N-dealkylation sites (tertiary alicyclic amines) is 1. The molecule has 1 saturated heterocycles. The molecule has 17 heavy (non-hydrogen) atoms. The summed E-state index contributed by atoms with van der Waals surface area (Å²) in [5.74, 6) is 0. The van der Waals surface area contributed by atoms with E-state index in [4.69, 9.17) is 0 Å². The van der Waals surface area contributed by atoms with E-state index in [9.17, 15) is 0 Å². The Hall–Kier alpha value is 0.154. The molecule has 0 aromatic rings. The third-order valence-electron chi connectivity index (χ3n) is 5.01. The molecule has 1 fully saturated rings. The van der Waals surface area contributed by atoms with Gasteiger partial charge < -0.3 is 0 Å². The van der Waals surface area contributed by atoms with Gasteiger partial charge in [-0.2, -0.15) is 0 Å². The van der Waals surface area contributed by atoms with E-state index in [0.29, 0.717) is 5.41 Å². The summed E-state index contributed by atoms with van der Waals surface area (Å²) >= 11 is 2.33. The second-order valence-corrected chi connectivity index (χ2v) is 6.66. The Kier molecular flexibility index (Phi) is 4.02. The van der Waals surface area contributed by atoms with Crippen LogP contribution in [0.1, 0.15) is 47.0 Å². The molecule has 93 valence electrons. The molecule has 0 N–H and O–H groups in total. The van der Waals surface area contributed by atoms with Gasteiger partial charge in [-0.1, -0.05) is 0 Å². The van der Waals surface area contributed by atoms with E-state index in [-0.39, 0.29) is 0 Å². The molecule has 1 nitrogen and oxygen atoms in total. The molecule has 0 spiro atoms. The van der Waals surface area contributed by atoms with E-state index in [1.165, 1.54) is 50.0 Å². The number of hydrogen-bond donors (Lipinski definition) is 0. The van der Waals surface area contributed by atoms with Gasteiger partial charge in [0, 0.05) is 0 Å². The van der Waals surface area contributed by atoms with Crippen LogP contribution in [-0.4, -0.2) is 24.5 Å². The van der Waals surface area contributed by atoms with Crippen LogP contribution in [0.15, 0.2) is 20.6 Å². The molecular weight excluding hydrogens is 242 g/mol. The van der Waals surface area contributed by atoms with Crippen molar-refractivity contribution in [3.8, 4) is 0 Å². The minimum atomic E-state index is 0.330. The fourth-order valence-corrected chi connectivity index (χ4v) is 3.97. The molecule has 0 aromatic heterocycles. The van der Waals surface area contributed by atoms with Crippen LogP contribution in [0.25, 0.3) is 0 Å². The van der Waals surface area contributed by atoms with Crippen molar-refractivity contribution in [3.63, 3.8) is 0 Å². The Morgan fingerprint density at radius 2 is 1.71 bits per heavy atom. The van der Waals surface area contributed by atoms with E-state index in [1.54, 1.807) is 9.45 Å². The Morgan fingerprint density at radius 1 is 1.12 bits per heavy atom. The predicted molar refractivity (Wildman–Crippen MR) is 69.5 cm³/mol. The molecule has 1 atom stereocenters. The van der Waals surface area contributed by atoms with Gasteiger partial charge in [0.2, 0.25) is 0 Å². The molecular formula is C15H24NTi. The van der Waals surface area contributed by atoms with Crippen molar-refractivity contribution in [2.24, 2.45) is 5.41 Å². The van der Waals surface area contributed by atoms with E-state index in [2.05, 4.69) is 53.0 Å². The van der Waals surface area contributed by atoms with Crippen LogP contribution < -0.4 is 0 Å². The van der Waals surface area contributed by atoms with Gasteiger partial charge in [0.15, 0.2) is 0 Å². The topological polar surface area (TPSA) is 3.24 Å². The average Bonchev–Trinajstić information content (AvgIpc) is 2.88. The maximum absolute atomic E-state index is 2.63. The van der Waals surface area contributed by atoms with E-state index < -0.39 is 0 Å². The van der Waals surface area contributed by atoms with Crippen LogP contribution in [0.4, 0.5) is 0 Å². The first kappa shape index (κ1) is 13.6. The summed E-state index contributed by atoms with van der Waals surface area (Å²) in [5.41, 5.74) is 5.00. The summed E-state index contributed by atoms with van der Waals surface area (Å²) in [4.78, 5) is 2.63. The first-order valence-electron chi connectivity index (χ1n) is 6.80. The summed E-state index contributed by atoms with van der Waals surface area (Å²) < 4.78 is 1.60. The Bertz CT molecular complexity index is 348. The molecule has 1 heterocycles. The molecule has 0 saturated carbocycles. The van der Waals surface area contributed by atoms with Crippen LogP contribution in [0.2, 0.25) is 0 Å². The summed E-state index contributed by atoms with van der Waals surface area (Å²) in [7, 11) is 0. The molecule has 0 radical (unpaired) electrons. The second-order valence-electron chi connectivity index (χ2n) is 5.88. The standard InChI is InChI=1S/C15H24N.Ti/c1-12-11-15(4,14(3)13(12)2)7-10-16-8-5-6-9-16;/h5-10H2,1-4H3;. The minimum absolute atomic E-state index is 0.330. The normalized spacial score (nSPS) is 30.8. The number of rotatable bonds is 3. The molecule has 1 aliphatic carbocycles. The summed E-state index contributed by atoms with van der Waals surface area (Å²) in [6.07, 6.45) is 4.09. The van der Waals surface area contributed by atoms with Crippen LogP contribution in [0.3, 0.4) is 0 Å². The Labute approximate surface area is 118 Å². The first-order valence-corrected chi connectivity index (χ1v) is 7.58. The van der Waals surface area contributed by atoms with Crippen molar-refractivity contribution in [3.05, 3.63) is 20.6 Å². The van der Waals surface area contributed by atoms with Crippen molar-refractivity contribution in [2.75, 3.05) is 19.6 Å². The molecule has 0 bridgehead atoms. The SMILES string of the molecule is CC1=C(C)C(C)(CCN2CCCC2)[C]([Ti])=C1C. The van der Waals surface area contributed by atoms with E-state index in [1.807, 2.05) is 0 Å². The molecule has 0 amide bonds. The molecule has 0 aromatic carbocycles. The van der Waals surface area contributed by atoms with Crippen molar-refractivity contribution < 1.29 is 20.4 Å². The van der Waals surface area contributed by atoms with Gasteiger partial charge in [-0.15, -0.1) is 0 Å². The molecule has 2 aliphatic rings. The van der Waals surface area contributed by atoms with Gasteiger partial charge in [-0.05, 0) is 0 Å². The van der Waals surface area contributed by atoms with E-state index >= 15 is 0 Å². The first-order chi connectivity index (χ1) is 7.97. The Morgan fingerprint density at radius 3 is 2.18 bits per heavy atom. The van der Waals surface area contributed by atoms with Gasteiger partial charge in [0.05, 0.1) is 0 Å². The van der Waals surface area contributed by atoms with Gasteiger partial charge in [-0.3, -0.25) is 0 Å². The number of hydrogen-bond acceptors (Lipinski definition) is 1. The van der Waals surface area contributed by atoms with Gasteiger partial charge >= 0.3 is 118 Å². The average molecular weight is 266 g/mol. The summed E-state index contributed by atoms with van der Waals surface area (Å²) in [6.45, 7) is 13.3. The molecule has 1 aliphatic heterocycles. The fraction of sp³-hybridized carbons (Fsp3) is 0.733. The molecule has 2 rings (SSSR count). The summed E-state index contributed by atoms with van der Waals surface area (Å²) in [5, 5.41) is 0. The molecule has 2 heteroatoms. The zero-order chi connectivity index (χ0) is 12.6. The summed E-state index contributed by atoms with van der Waals surface area (Å²) in [6, 6.07) is 0. The van der Waals surface area contributed by atoms with Crippen LogP contribution in [0, 0.1) is 5.41 Å². The third-order valence-corrected chi connectivity index (χ3v) is 6.45. The zero-order valence-electron chi connectivity index (χ0n) is 11.7. The monoisotopic (exact) mass is 266 g/mol. The third kappa shape index (κ3) is 2.34. The van der Waals surface area contributed by atoms with Crippen LogP contribution in [0.5, 0.6) is 0 Å². The van der Waals surface area contributed by atoms with E-state index in [0.717, 1.165) is 0 Å². The number of nitrogens with zero attached hydrogens (tertiary/aromatic N) is 1. The predicted octanol–water partition coefficient (Wildman–Crippen LogP) is 3.65. The van der Waals surface area contributed by atoms with Gasteiger partial charge in [0.25, 0.3) is 0 Å². The maximum atomic E-state index is 2.63. The van der Waals surface area contributed by atoms with Crippen molar-refractivity contribution in [1.29, 1.82) is 0 Å². The fourth-order valence-electron chi connectivity index (χ4n) is 3.18. The second kappa shape index (κ2) is 5.03. The Balaban J connectivity index is 2.08. The quantitative estimate of drug-likeness (QED) is 0.705.